The molecule has 0 atom stereocenters. The van der Waals surface area contributed by atoms with E-state index in [9.17, 15) is 14.4 Å². The molecule has 0 heterocycles. The van der Waals surface area contributed by atoms with Crippen molar-refractivity contribution in [1.82, 2.24) is 0 Å². The quantitative estimate of drug-likeness (QED) is 0.356. The van der Waals surface area contributed by atoms with Gasteiger partial charge in [0.1, 0.15) is 0 Å². The summed E-state index contributed by atoms with van der Waals surface area (Å²) in [6.07, 6.45) is -2.29. The largest absolute Gasteiger partial charge is 1.00 e. The van der Waals surface area contributed by atoms with E-state index < -0.39 is 36.4 Å². The van der Waals surface area contributed by atoms with Gasteiger partial charge in [0.25, 0.3) is 0 Å². The van der Waals surface area contributed by atoms with Crippen molar-refractivity contribution in [3.8, 4) is 0 Å². The molecule has 108 valence electrons. The zero-order valence-corrected chi connectivity index (χ0v) is 12.6. The Balaban J connectivity index is -0.0000000480. The van der Waals surface area contributed by atoms with E-state index in [0.717, 1.165) is 0 Å². The monoisotopic (exact) mass is 304 g/mol. The summed E-state index contributed by atoms with van der Waals surface area (Å²) < 4.78 is 0. The molecule has 0 rings (SSSR count). The van der Waals surface area contributed by atoms with Crippen LogP contribution in [0.1, 0.15) is 14.3 Å². The molecule has 0 saturated carbocycles. The first-order valence-corrected chi connectivity index (χ1v) is 3.17. The average molecular weight is 304 g/mol. The summed E-state index contributed by atoms with van der Waals surface area (Å²) >= 11 is 0. The number of hydrogen-bond donors (Lipinski definition) is 4. The van der Waals surface area contributed by atoms with Gasteiger partial charge in [0.2, 0.25) is 0 Å². The van der Waals surface area contributed by atoms with E-state index >= 15 is 0 Å². The molecule has 0 spiro atoms. The Kier molecular flexibility index (Phi) is 29.9. The van der Waals surface area contributed by atoms with E-state index in [-0.39, 0.29) is 74.7 Å². The molecule has 0 aliphatic carbocycles. The Morgan fingerprint density at radius 2 is 1.06 bits per heavy atom. The van der Waals surface area contributed by atoms with Crippen molar-refractivity contribution in [3.63, 3.8) is 0 Å². The molecular formula is C6H17KO11. The summed E-state index contributed by atoms with van der Waals surface area (Å²) in [5, 5.41) is 33.8. The van der Waals surface area contributed by atoms with Crippen LogP contribution in [0.2, 0.25) is 0 Å². The third-order valence-electron chi connectivity index (χ3n) is 1.29. The van der Waals surface area contributed by atoms with Crippen molar-refractivity contribution >= 4 is 17.9 Å². The van der Waals surface area contributed by atoms with Gasteiger partial charge in [-0.1, -0.05) is 0 Å². The van der Waals surface area contributed by atoms with Gasteiger partial charge in [-0.15, -0.1) is 0 Å². The molecule has 18 heavy (non-hydrogen) atoms. The van der Waals surface area contributed by atoms with E-state index in [1.54, 1.807) is 0 Å². The molecule has 0 saturated heterocycles. The smallest absolute Gasteiger partial charge is 1.00 e. The fourth-order valence-corrected chi connectivity index (χ4v) is 0.714. The van der Waals surface area contributed by atoms with Gasteiger partial charge in [-0.05, 0) is 0 Å². The fourth-order valence-electron chi connectivity index (χ4n) is 0.714. The molecule has 12 heteroatoms. The average Bonchev–Trinajstić information content (AvgIpc) is 1.82. The van der Waals surface area contributed by atoms with E-state index in [1.165, 1.54) is 0 Å². The molecule has 11 nitrogen and oxygen atoms in total. The molecule has 0 aliphatic rings. The number of carboxylic acid groups (broad SMARTS) is 3. The van der Waals surface area contributed by atoms with Crippen LogP contribution in [-0.4, -0.2) is 65.8 Å². The van der Waals surface area contributed by atoms with Gasteiger partial charge in [0.15, 0.2) is 5.60 Å². The van der Waals surface area contributed by atoms with Crippen LogP contribution in [0.5, 0.6) is 0 Å². The number of carbonyl (C=O) groups is 3. The zero-order chi connectivity index (χ0) is 10.6. The van der Waals surface area contributed by atoms with Crippen LogP contribution in [0, 0.1) is 0 Å². The molecule has 0 aromatic carbocycles. The van der Waals surface area contributed by atoms with Crippen LogP contribution < -0.4 is 51.4 Å². The fraction of sp³-hybridized carbons (Fsp3) is 0.500. The third-order valence-corrected chi connectivity index (χ3v) is 1.29. The standard InChI is InChI=1S/C6H8O7.K.4H2O.H/c7-3(8)1-6(13,5(11)12)2-4(9)10;;;;;;/h13H,1-2H2,(H,7,8)(H,9,10)(H,11,12);;4*1H2;/q;+1;;;;;-1. The minimum Gasteiger partial charge on any atom is -1.00 e. The van der Waals surface area contributed by atoms with Crippen molar-refractivity contribution < 1.29 is 110 Å². The van der Waals surface area contributed by atoms with Crippen molar-refractivity contribution in [2.45, 2.75) is 18.4 Å². The number of aliphatic hydroxyl groups is 1. The van der Waals surface area contributed by atoms with Gasteiger partial charge in [-0.3, -0.25) is 9.59 Å². The van der Waals surface area contributed by atoms with Crippen molar-refractivity contribution in [1.29, 1.82) is 0 Å². The number of hydrogen-bond acceptors (Lipinski definition) is 4. The van der Waals surface area contributed by atoms with E-state index in [0.29, 0.717) is 0 Å². The van der Waals surface area contributed by atoms with Gasteiger partial charge >= 0.3 is 69.3 Å². The Morgan fingerprint density at radius 1 is 0.833 bits per heavy atom. The molecule has 12 N–H and O–H groups in total. The first-order valence-electron chi connectivity index (χ1n) is 3.17. The number of carboxylic acids is 3. The molecule has 0 radical (unpaired) electrons. The summed E-state index contributed by atoms with van der Waals surface area (Å²) in [7, 11) is 0. The second kappa shape index (κ2) is 14.9. The van der Waals surface area contributed by atoms with Crippen molar-refractivity contribution in [3.05, 3.63) is 0 Å². The maximum absolute atomic E-state index is 10.3. The predicted octanol–water partition coefficient (Wildman–Crippen LogP) is -7.43. The Bertz CT molecular complexity index is 242. The summed E-state index contributed by atoms with van der Waals surface area (Å²) in [4.78, 5) is 30.5. The summed E-state index contributed by atoms with van der Waals surface area (Å²) in [6, 6.07) is 0. The molecule has 0 fully saturated rings. The maximum atomic E-state index is 10.3. The number of rotatable bonds is 5. The minimum absolute atomic E-state index is 0. The molecular weight excluding hydrogens is 287 g/mol. The van der Waals surface area contributed by atoms with E-state index in [1.807, 2.05) is 0 Å². The molecule has 0 amide bonds. The maximum Gasteiger partial charge on any atom is 1.00 e. The van der Waals surface area contributed by atoms with Crippen LogP contribution in [0.4, 0.5) is 0 Å². The van der Waals surface area contributed by atoms with Crippen LogP contribution in [0.3, 0.4) is 0 Å². The second-order valence-electron chi connectivity index (χ2n) is 2.48. The topological polar surface area (TPSA) is 258 Å². The van der Waals surface area contributed by atoms with Crippen LogP contribution in [-0.2, 0) is 14.4 Å². The normalized spacial score (nSPS) is 7.83. The van der Waals surface area contributed by atoms with Crippen molar-refractivity contribution in [2.75, 3.05) is 0 Å². The van der Waals surface area contributed by atoms with Gasteiger partial charge in [0.05, 0.1) is 12.8 Å². The molecule has 0 bridgehead atoms. The van der Waals surface area contributed by atoms with Crippen molar-refractivity contribution in [2.24, 2.45) is 0 Å². The third kappa shape index (κ3) is 13.9. The Morgan fingerprint density at radius 3 is 1.17 bits per heavy atom. The van der Waals surface area contributed by atoms with Gasteiger partial charge < -0.3 is 43.8 Å². The Hall–Kier alpha value is -0.154. The van der Waals surface area contributed by atoms with E-state index in [2.05, 4.69) is 0 Å². The summed E-state index contributed by atoms with van der Waals surface area (Å²) in [6.45, 7) is 0. The summed E-state index contributed by atoms with van der Waals surface area (Å²) in [5.74, 6) is -5.02. The summed E-state index contributed by atoms with van der Waals surface area (Å²) in [5.41, 5.74) is -2.74. The van der Waals surface area contributed by atoms with Crippen LogP contribution in [0.15, 0.2) is 0 Å². The van der Waals surface area contributed by atoms with Gasteiger partial charge in [-0.25, -0.2) is 4.79 Å². The van der Waals surface area contributed by atoms with Gasteiger partial charge in [0, 0.05) is 0 Å². The van der Waals surface area contributed by atoms with Gasteiger partial charge in [-0.2, -0.15) is 0 Å². The number of aliphatic carboxylic acids is 3. The van der Waals surface area contributed by atoms with Crippen LogP contribution >= 0.6 is 0 Å². The van der Waals surface area contributed by atoms with Crippen LogP contribution in [0.25, 0.3) is 0 Å². The molecule has 0 unspecified atom stereocenters. The molecule has 0 aromatic rings. The molecule has 0 aromatic heterocycles. The first kappa shape index (κ1) is 36.1. The molecule has 0 aliphatic heterocycles. The second-order valence-corrected chi connectivity index (χ2v) is 2.48. The zero-order valence-electron chi connectivity index (χ0n) is 10.4. The predicted molar refractivity (Wildman–Crippen MR) is 52.7 cm³/mol. The minimum atomic E-state index is -2.74. The SMILES string of the molecule is O.O.O.O.O=C(O)CC(O)(CC(=O)O)C(=O)O.[H-].[K+]. The first-order chi connectivity index (χ1) is 5.78. The van der Waals surface area contributed by atoms with E-state index in [4.69, 9.17) is 20.4 Å². The Labute approximate surface area is 145 Å².